The van der Waals surface area contributed by atoms with Gasteiger partial charge in [-0.15, -0.1) is 34.0 Å². The van der Waals surface area contributed by atoms with Gasteiger partial charge in [-0.05, 0) is 148 Å². The van der Waals surface area contributed by atoms with E-state index in [4.69, 9.17) is 19.9 Å². The molecule has 0 aliphatic carbocycles. The molecule has 0 bridgehead atoms. The minimum absolute atomic E-state index is 0.800. The predicted molar refractivity (Wildman–Crippen MR) is 454 cm³/mol. The number of fused-ring (bicyclic) bond motifs is 22. The van der Waals surface area contributed by atoms with Crippen molar-refractivity contribution in [3.63, 3.8) is 0 Å². The summed E-state index contributed by atoms with van der Waals surface area (Å²) in [6, 6.07) is 119. The second-order valence-corrected chi connectivity index (χ2v) is 30.7. The largest absolute Gasteiger partial charge is 0.309 e. The molecule has 8 nitrogen and oxygen atoms in total. The normalized spacial score (nSPS) is 12.1. The molecule has 24 aromatic rings. The summed E-state index contributed by atoms with van der Waals surface area (Å²) < 4.78 is 14.6. The molecule has 11 heteroatoms. The minimum atomic E-state index is 0.800. The van der Waals surface area contributed by atoms with Gasteiger partial charge in [0, 0.05) is 106 Å². The topological polar surface area (TPSA) is 71.3 Å². The highest BCUT2D eigenvalue weighted by Gasteiger charge is 2.24. The first-order valence-electron chi connectivity index (χ1n) is 36.0. The molecule has 0 atom stereocenters. The Labute approximate surface area is 623 Å². The van der Waals surface area contributed by atoms with Gasteiger partial charge in [-0.3, -0.25) is 4.57 Å². The molecule has 15 aromatic carbocycles. The number of para-hydroxylation sites is 6. The van der Waals surface area contributed by atoms with Gasteiger partial charge >= 0.3 is 0 Å². The molecule has 24 rings (SSSR count). The predicted octanol–water partition coefficient (Wildman–Crippen LogP) is 26.6. The van der Waals surface area contributed by atoms with Gasteiger partial charge < -0.3 is 13.7 Å². The zero-order valence-electron chi connectivity index (χ0n) is 57.1. The van der Waals surface area contributed by atoms with Crippen molar-refractivity contribution in [1.29, 1.82) is 0 Å². The first-order valence-corrected chi connectivity index (χ1v) is 38.4. The summed E-state index contributed by atoms with van der Waals surface area (Å²) in [5.74, 6) is 0.800. The van der Waals surface area contributed by atoms with Crippen LogP contribution >= 0.6 is 34.0 Å². The number of rotatable bonds is 7. The van der Waals surface area contributed by atoms with E-state index in [1.54, 1.807) is 22.7 Å². The maximum atomic E-state index is 5.55. The van der Waals surface area contributed by atoms with Crippen molar-refractivity contribution in [2.45, 2.75) is 0 Å². The smallest absolute Gasteiger partial charge is 0.157 e. The summed E-state index contributed by atoms with van der Waals surface area (Å²) in [7, 11) is 0. The summed E-state index contributed by atoms with van der Waals surface area (Å²) in [4.78, 5) is 22.6. The summed E-state index contributed by atoms with van der Waals surface area (Å²) in [5.41, 5.74) is 21.5. The molecule has 9 heterocycles. The highest BCUT2D eigenvalue weighted by molar-refractivity contribution is 7.26. The molecule has 0 aliphatic heterocycles. The molecule has 9 aromatic heterocycles. The van der Waals surface area contributed by atoms with Crippen LogP contribution in [-0.2, 0) is 0 Å². The fraction of sp³-hybridized carbons (Fsp3) is 0. The lowest BCUT2D eigenvalue weighted by Gasteiger charge is -2.10. The first kappa shape index (κ1) is 60.0. The van der Waals surface area contributed by atoms with Crippen molar-refractivity contribution < 1.29 is 0 Å². The molecule has 0 saturated heterocycles. The van der Waals surface area contributed by atoms with Crippen LogP contribution in [0.25, 0.3) is 215 Å². The molecule has 498 valence electrons. The number of hydrogen-bond acceptors (Lipinski definition) is 7. The molecule has 107 heavy (non-hydrogen) atoms. The fourth-order valence-corrected chi connectivity index (χ4v) is 20.2. The van der Waals surface area contributed by atoms with Crippen LogP contribution in [0.15, 0.2) is 340 Å². The van der Waals surface area contributed by atoms with Crippen molar-refractivity contribution in [1.82, 2.24) is 38.2 Å². The van der Waals surface area contributed by atoms with Crippen molar-refractivity contribution in [2.24, 2.45) is 0 Å². The van der Waals surface area contributed by atoms with E-state index in [1.165, 1.54) is 134 Å². The molecular formula is C96H56N8S3. The van der Waals surface area contributed by atoms with Crippen LogP contribution < -0.4 is 0 Å². The van der Waals surface area contributed by atoms with Crippen LogP contribution in [0.1, 0.15) is 0 Å². The number of hydrogen-bond donors (Lipinski definition) is 0. The van der Waals surface area contributed by atoms with Crippen molar-refractivity contribution in [3.05, 3.63) is 340 Å². The van der Waals surface area contributed by atoms with Crippen LogP contribution in [0.5, 0.6) is 0 Å². The number of benzene rings is 15. The molecule has 0 N–H and O–H groups in total. The third kappa shape index (κ3) is 9.25. The van der Waals surface area contributed by atoms with E-state index in [1.807, 2.05) is 23.7 Å². The van der Waals surface area contributed by atoms with Gasteiger partial charge in [-0.25, -0.2) is 19.9 Å². The Morgan fingerprint density at radius 3 is 1.31 bits per heavy atom. The third-order valence-corrected chi connectivity index (χ3v) is 25.1. The van der Waals surface area contributed by atoms with E-state index in [-0.39, 0.29) is 0 Å². The Hall–Kier alpha value is -13.4. The van der Waals surface area contributed by atoms with E-state index in [0.717, 1.165) is 81.3 Å². The van der Waals surface area contributed by atoms with E-state index >= 15 is 0 Å². The lowest BCUT2D eigenvalue weighted by Crippen LogP contribution is -1.98. The van der Waals surface area contributed by atoms with Crippen molar-refractivity contribution >= 4 is 193 Å². The number of thiophene rings is 3. The number of nitrogens with zero attached hydrogens (tertiary/aromatic N) is 8. The Morgan fingerprint density at radius 1 is 0.234 bits per heavy atom. The average Bonchev–Trinajstić information content (AvgIpc) is 1.56. The standard InChI is InChI=1S/C58H34N6S.C38H22N2S2/c1-3-15-35(16-4-1)61-47-23-11-7-19-38(47)42-31-53-43(30-51(42)61)40-21-9-13-25-49(40)63(53)37-27-28-55-46(29-37)57-58(65-55)59-34-56(60-57)64-50-26-14-10-22-41(50)45-32-52-44(33-54(45)64)39-20-8-12-24-48(39)62(52)36-17-5-2-6-18-36;1-2-12-27-23(8-1)9-6-15-29(27)33-22-39-38-36(40-33)32-21-25(18-19-35(32)42-38)24-10-5-11-26(20-24)28-14-7-16-31-30-13-3-4-17-34(30)41-37(28)31/h1-34H;1-22H. The first-order chi connectivity index (χ1) is 53.0. The van der Waals surface area contributed by atoms with E-state index in [2.05, 4.69) is 346 Å². The van der Waals surface area contributed by atoms with Crippen LogP contribution in [0.2, 0.25) is 0 Å². The molecule has 0 unspecified atom stereocenters. The van der Waals surface area contributed by atoms with Crippen LogP contribution in [-0.4, -0.2) is 38.2 Å². The second-order valence-electron chi connectivity index (χ2n) is 27.6. The molecule has 0 amide bonds. The van der Waals surface area contributed by atoms with E-state index in [0.29, 0.717) is 0 Å². The quantitative estimate of drug-likeness (QED) is 0.159. The highest BCUT2D eigenvalue weighted by atomic mass is 32.1. The Balaban J connectivity index is 0.000000142. The summed E-state index contributed by atoms with van der Waals surface area (Å²) in [6.07, 6.45) is 3.87. The van der Waals surface area contributed by atoms with Gasteiger partial charge in [0.1, 0.15) is 20.7 Å². The highest BCUT2D eigenvalue weighted by Crippen LogP contribution is 2.46. The minimum Gasteiger partial charge on any atom is -0.309 e. The van der Waals surface area contributed by atoms with E-state index in [9.17, 15) is 0 Å². The van der Waals surface area contributed by atoms with Gasteiger partial charge in [0.2, 0.25) is 0 Å². The summed E-state index contributed by atoms with van der Waals surface area (Å²) in [5, 5.41) is 17.0. The lowest BCUT2D eigenvalue weighted by molar-refractivity contribution is 1.08. The van der Waals surface area contributed by atoms with Crippen LogP contribution in [0.3, 0.4) is 0 Å². The second kappa shape index (κ2) is 23.5. The van der Waals surface area contributed by atoms with E-state index < -0.39 is 0 Å². The van der Waals surface area contributed by atoms with Gasteiger partial charge in [-0.1, -0.05) is 212 Å². The van der Waals surface area contributed by atoms with Crippen LogP contribution in [0, 0.1) is 0 Å². The lowest BCUT2D eigenvalue weighted by atomic mass is 9.97. The average molecular weight is 1420 g/mol. The fourth-order valence-electron chi connectivity index (χ4n) is 17.0. The van der Waals surface area contributed by atoms with Crippen LogP contribution in [0.4, 0.5) is 0 Å². The summed E-state index contributed by atoms with van der Waals surface area (Å²) >= 11 is 5.28. The number of aromatic nitrogens is 8. The van der Waals surface area contributed by atoms with Crippen molar-refractivity contribution in [2.75, 3.05) is 0 Å². The molecule has 0 spiro atoms. The molecule has 0 saturated carbocycles. The van der Waals surface area contributed by atoms with Crippen molar-refractivity contribution in [3.8, 4) is 56.4 Å². The SMILES string of the molecule is c1cc(-c2ccc3sc4ncc(-c5cccc6ccccc56)nc4c3c2)cc(-c2cccc3c2sc2ccccc23)c1.c1ccc(-n2c3ccccc3c3cc4c(cc32)c2ccccc2n4-c2ccc3sc4ncc(-n5c6ccccc6c6cc7c(cc65)c5ccccc5n7-c5ccccc5)nc4c3c2)cc1. The van der Waals surface area contributed by atoms with Gasteiger partial charge in [0.15, 0.2) is 5.82 Å². The third-order valence-electron chi connectivity index (χ3n) is 21.8. The van der Waals surface area contributed by atoms with Gasteiger partial charge in [0.05, 0.1) is 62.2 Å². The zero-order valence-corrected chi connectivity index (χ0v) is 59.6. The maximum absolute atomic E-state index is 5.55. The zero-order chi connectivity index (χ0) is 70.0. The molecule has 0 fully saturated rings. The Morgan fingerprint density at radius 2 is 0.673 bits per heavy atom. The Kier molecular flexibility index (Phi) is 13.2. The van der Waals surface area contributed by atoms with Gasteiger partial charge in [-0.2, -0.15) is 0 Å². The molecular weight excluding hydrogens is 1360 g/mol. The maximum Gasteiger partial charge on any atom is 0.157 e. The molecule has 0 radical (unpaired) electrons. The monoisotopic (exact) mass is 1420 g/mol. The molecule has 0 aliphatic rings. The Bertz CT molecular complexity index is 7550. The summed E-state index contributed by atoms with van der Waals surface area (Å²) in [6.45, 7) is 0. The van der Waals surface area contributed by atoms with Gasteiger partial charge in [0.25, 0.3) is 0 Å².